The fraction of sp³-hybridized carbons (Fsp3) is 0.562. The Kier molecular flexibility index (Phi) is 6.96. The van der Waals surface area contributed by atoms with E-state index in [2.05, 4.69) is 10.3 Å². The topological polar surface area (TPSA) is 97.8 Å². The molecule has 2 heterocycles. The standard InChI is InChI=1S/C16H22N2O5/c19-15(13-3-1-4-14(18-13)16(20)21)17-7-2-8-23-11-12-5-9-22-10-6-12/h1,3-4,12H,2,5-11H2,(H,17,19)(H,20,21). The first-order valence-corrected chi connectivity index (χ1v) is 7.81. The van der Waals surface area contributed by atoms with Gasteiger partial charge in [-0.2, -0.15) is 0 Å². The summed E-state index contributed by atoms with van der Waals surface area (Å²) in [4.78, 5) is 26.5. The Labute approximate surface area is 135 Å². The maximum atomic E-state index is 11.9. The summed E-state index contributed by atoms with van der Waals surface area (Å²) >= 11 is 0. The second-order valence-corrected chi connectivity index (χ2v) is 5.45. The predicted molar refractivity (Wildman–Crippen MR) is 82.5 cm³/mol. The minimum atomic E-state index is -1.15. The lowest BCUT2D eigenvalue weighted by Crippen LogP contribution is -2.27. The fourth-order valence-electron chi connectivity index (χ4n) is 2.31. The van der Waals surface area contributed by atoms with Crippen molar-refractivity contribution in [3.8, 4) is 0 Å². The number of carbonyl (C=O) groups is 2. The van der Waals surface area contributed by atoms with Crippen LogP contribution in [0.2, 0.25) is 0 Å². The van der Waals surface area contributed by atoms with Gasteiger partial charge in [-0.05, 0) is 37.3 Å². The molecule has 7 heteroatoms. The van der Waals surface area contributed by atoms with Crippen LogP contribution in [0.3, 0.4) is 0 Å². The maximum Gasteiger partial charge on any atom is 0.354 e. The van der Waals surface area contributed by atoms with Crippen LogP contribution >= 0.6 is 0 Å². The second kappa shape index (κ2) is 9.22. The first-order valence-electron chi connectivity index (χ1n) is 7.81. The number of nitrogens with one attached hydrogen (secondary N) is 1. The summed E-state index contributed by atoms with van der Waals surface area (Å²) in [7, 11) is 0. The van der Waals surface area contributed by atoms with Crippen molar-refractivity contribution in [2.24, 2.45) is 5.92 Å². The van der Waals surface area contributed by atoms with Crippen LogP contribution in [-0.4, -0.2) is 54.9 Å². The monoisotopic (exact) mass is 322 g/mol. The summed E-state index contributed by atoms with van der Waals surface area (Å²) in [6.07, 6.45) is 2.79. The lowest BCUT2D eigenvalue weighted by Gasteiger charge is -2.21. The van der Waals surface area contributed by atoms with E-state index in [0.717, 1.165) is 32.7 Å². The third-order valence-corrected chi connectivity index (χ3v) is 3.65. The molecule has 0 bridgehead atoms. The molecule has 1 aliphatic heterocycles. The molecule has 0 saturated carbocycles. The van der Waals surface area contributed by atoms with Crippen molar-refractivity contribution in [1.82, 2.24) is 10.3 Å². The molecule has 1 aromatic rings. The normalized spacial score (nSPS) is 15.3. The molecule has 2 rings (SSSR count). The summed E-state index contributed by atoms with van der Waals surface area (Å²) in [5, 5.41) is 11.6. The van der Waals surface area contributed by atoms with Gasteiger partial charge in [0.1, 0.15) is 11.4 Å². The number of rotatable bonds is 8. The number of aromatic nitrogens is 1. The minimum Gasteiger partial charge on any atom is -0.477 e. The van der Waals surface area contributed by atoms with Crippen LogP contribution in [0, 0.1) is 5.92 Å². The van der Waals surface area contributed by atoms with Crippen molar-refractivity contribution >= 4 is 11.9 Å². The highest BCUT2D eigenvalue weighted by Gasteiger charge is 2.13. The fourth-order valence-corrected chi connectivity index (χ4v) is 2.31. The van der Waals surface area contributed by atoms with Gasteiger partial charge in [0.25, 0.3) is 5.91 Å². The van der Waals surface area contributed by atoms with Gasteiger partial charge in [-0.25, -0.2) is 9.78 Å². The molecule has 1 fully saturated rings. The molecule has 1 saturated heterocycles. The zero-order valence-corrected chi connectivity index (χ0v) is 13.0. The summed E-state index contributed by atoms with van der Waals surface area (Å²) in [6, 6.07) is 4.34. The Bertz CT molecular complexity index is 529. The molecule has 0 spiro atoms. The number of pyridine rings is 1. The number of carbonyl (C=O) groups excluding carboxylic acids is 1. The molecule has 0 unspecified atom stereocenters. The molecule has 1 amide bonds. The minimum absolute atomic E-state index is 0.105. The van der Waals surface area contributed by atoms with Crippen molar-refractivity contribution in [2.75, 3.05) is 33.0 Å². The number of aromatic carboxylic acids is 1. The molecule has 0 aromatic carbocycles. The van der Waals surface area contributed by atoms with Gasteiger partial charge in [-0.3, -0.25) is 4.79 Å². The predicted octanol–water partition coefficient (Wildman–Crippen LogP) is 1.34. The molecule has 2 N–H and O–H groups in total. The average Bonchev–Trinajstić information content (AvgIpc) is 2.58. The van der Waals surface area contributed by atoms with Crippen LogP contribution in [0.15, 0.2) is 18.2 Å². The number of hydrogen-bond acceptors (Lipinski definition) is 5. The summed E-state index contributed by atoms with van der Waals surface area (Å²) in [5.74, 6) is -0.958. The van der Waals surface area contributed by atoms with Crippen LogP contribution in [0.5, 0.6) is 0 Å². The number of hydrogen-bond donors (Lipinski definition) is 2. The summed E-state index contributed by atoms with van der Waals surface area (Å²) in [6.45, 7) is 3.41. The van der Waals surface area contributed by atoms with Crippen molar-refractivity contribution in [3.05, 3.63) is 29.6 Å². The molecular weight excluding hydrogens is 300 g/mol. The van der Waals surface area contributed by atoms with E-state index in [1.165, 1.54) is 18.2 Å². The Balaban J connectivity index is 1.61. The van der Waals surface area contributed by atoms with Crippen LogP contribution in [0.1, 0.15) is 40.2 Å². The van der Waals surface area contributed by atoms with Gasteiger partial charge >= 0.3 is 5.97 Å². The van der Waals surface area contributed by atoms with Crippen molar-refractivity contribution in [2.45, 2.75) is 19.3 Å². The largest absolute Gasteiger partial charge is 0.477 e. The number of carboxylic acids is 1. The van der Waals surface area contributed by atoms with Crippen molar-refractivity contribution in [1.29, 1.82) is 0 Å². The molecule has 1 aromatic heterocycles. The maximum absolute atomic E-state index is 11.9. The lowest BCUT2D eigenvalue weighted by molar-refractivity contribution is 0.0202. The zero-order chi connectivity index (χ0) is 16.5. The Morgan fingerprint density at radius 3 is 2.78 bits per heavy atom. The third-order valence-electron chi connectivity index (χ3n) is 3.65. The van der Waals surface area contributed by atoms with Crippen LogP contribution < -0.4 is 5.32 Å². The number of nitrogens with zero attached hydrogens (tertiary/aromatic N) is 1. The molecule has 1 aliphatic rings. The van der Waals surface area contributed by atoms with Gasteiger partial charge in [0.05, 0.1) is 0 Å². The molecule has 23 heavy (non-hydrogen) atoms. The lowest BCUT2D eigenvalue weighted by atomic mass is 10.0. The van der Waals surface area contributed by atoms with E-state index < -0.39 is 5.97 Å². The smallest absolute Gasteiger partial charge is 0.354 e. The van der Waals surface area contributed by atoms with Gasteiger partial charge in [-0.15, -0.1) is 0 Å². The Morgan fingerprint density at radius 1 is 1.30 bits per heavy atom. The highest BCUT2D eigenvalue weighted by atomic mass is 16.5. The van der Waals surface area contributed by atoms with Crippen LogP contribution in [0.4, 0.5) is 0 Å². The Hall–Kier alpha value is -1.99. The van der Waals surface area contributed by atoms with E-state index in [0.29, 0.717) is 25.5 Å². The molecule has 0 aliphatic carbocycles. The van der Waals surface area contributed by atoms with Crippen molar-refractivity contribution in [3.63, 3.8) is 0 Å². The first kappa shape index (κ1) is 17.4. The zero-order valence-electron chi connectivity index (χ0n) is 13.0. The molecule has 0 atom stereocenters. The number of carboxylic acid groups (broad SMARTS) is 1. The van der Waals surface area contributed by atoms with E-state index in [1.54, 1.807) is 0 Å². The van der Waals surface area contributed by atoms with Crippen LogP contribution in [-0.2, 0) is 9.47 Å². The van der Waals surface area contributed by atoms with E-state index in [9.17, 15) is 9.59 Å². The first-order chi connectivity index (χ1) is 11.2. The van der Waals surface area contributed by atoms with Gasteiger partial charge in [-0.1, -0.05) is 6.07 Å². The van der Waals surface area contributed by atoms with E-state index in [1.807, 2.05) is 0 Å². The SMILES string of the molecule is O=C(O)c1cccc(C(=O)NCCCOCC2CCOCC2)n1. The summed E-state index contributed by atoms with van der Waals surface area (Å²) < 4.78 is 10.9. The van der Waals surface area contributed by atoms with E-state index >= 15 is 0 Å². The van der Waals surface area contributed by atoms with Gasteiger partial charge < -0.3 is 19.9 Å². The third kappa shape index (κ3) is 5.96. The highest BCUT2D eigenvalue weighted by Crippen LogP contribution is 2.14. The van der Waals surface area contributed by atoms with E-state index in [-0.39, 0.29) is 17.3 Å². The number of amides is 1. The molecule has 126 valence electrons. The average molecular weight is 322 g/mol. The second-order valence-electron chi connectivity index (χ2n) is 5.45. The Morgan fingerprint density at radius 2 is 2.04 bits per heavy atom. The van der Waals surface area contributed by atoms with E-state index in [4.69, 9.17) is 14.6 Å². The molecule has 7 nitrogen and oxygen atoms in total. The molecule has 0 radical (unpaired) electrons. The van der Waals surface area contributed by atoms with Crippen molar-refractivity contribution < 1.29 is 24.2 Å². The van der Waals surface area contributed by atoms with Gasteiger partial charge in [0.2, 0.25) is 0 Å². The number of ether oxygens (including phenoxy) is 2. The van der Waals surface area contributed by atoms with Gasteiger partial charge in [0, 0.05) is 33.0 Å². The highest BCUT2D eigenvalue weighted by molar-refractivity contribution is 5.94. The summed E-state index contributed by atoms with van der Waals surface area (Å²) in [5.41, 5.74) is -0.0366. The van der Waals surface area contributed by atoms with Crippen LogP contribution in [0.25, 0.3) is 0 Å². The van der Waals surface area contributed by atoms with Gasteiger partial charge in [0.15, 0.2) is 0 Å². The molecular formula is C16H22N2O5. The quantitative estimate of drug-likeness (QED) is 0.701.